The highest BCUT2D eigenvalue weighted by Crippen LogP contribution is 2.32. The zero-order chi connectivity index (χ0) is 15.7. The molecular formula is C14H19F2NO4. The van der Waals surface area contributed by atoms with Gasteiger partial charge in [-0.25, -0.2) is 0 Å². The van der Waals surface area contributed by atoms with Crippen LogP contribution in [0.3, 0.4) is 0 Å². The average molecular weight is 303 g/mol. The maximum atomic E-state index is 12.4. The molecule has 0 unspecified atom stereocenters. The molecular weight excluding hydrogens is 284 g/mol. The second-order valence-corrected chi connectivity index (χ2v) is 4.06. The maximum Gasteiger partial charge on any atom is 0.387 e. The van der Waals surface area contributed by atoms with Crippen LogP contribution in [0.5, 0.6) is 11.5 Å². The monoisotopic (exact) mass is 303 g/mol. The molecule has 0 atom stereocenters. The Labute approximate surface area is 122 Å². The Balaban J connectivity index is 2.59. The Hall–Kier alpha value is -1.89. The van der Waals surface area contributed by atoms with E-state index >= 15 is 0 Å². The van der Waals surface area contributed by atoms with E-state index < -0.39 is 6.61 Å². The van der Waals surface area contributed by atoms with Crippen LogP contribution < -0.4 is 14.8 Å². The normalized spacial score (nSPS) is 10.5. The first-order valence-corrected chi connectivity index (χ1v) is 6.55. The molecule has 0 radical (unpaired) electrons. The number of carbonyl (C=O) groups is 1. The van der Waals surface area contributed by atoms with E-state index in [0.717, 1.165) is 0 Å². The van der Waals surface area contributed by atoms with Crippen molar-refractivity contribution in [2.75, 3.05) is 20.3 Å². The minimum atomic E-state index is -2.93. The largest absolute Gasteiger partial charge is 0.493 e. The molecule has 0 aliphatic rings. The summed E-state index contributed by atoms with van der Waals surface area (Å²) >= 11 is 0. The van der Waals surface area contributed by atoms with Crippen molar-refractivity contribution in [3.05, 3.63) is 23.8 Å². The molecule has 1 rings (SSSR count). The van der Waals surface area contributed by atoms with Crippen molar-refractivity contribution in [2.24, 2.45) is 0 Å². The molecule has 0 saturated heterocycles. The molecule has 0 spiro atoms. The lowest BCUT2D eigenvalue weighted by Gasteiger charge is -2.14. The number of nitrogens with one attached hydrogen (secondary N) is 1. The summed E-state index contributed by atoms with van der Waals surface area (Å²) in [5.74, 6) is -0.0710. The molecule has 0 saturated carbocycles. The predicted octanol–water partition coefficient (Wildman–Crippen LogP) is 2.34. The summed E-state index contributed by atoms with van der Waals surface area (Å²) in [5.41, 5.74) is 0.526. The summed E-state index contributed by atoms with van der Waals surface area (Å²) in [6, 6.07) is 4.87. The lowest BCUT2D eigenvalue weighted by atomic mass is 10.2. The third-order valence-electron chi connectivity index (χ3n) is 2.61. The summed E-state index contributed by atoms with van der Waals surface area (Å²) in [6.45, 7) is -0.209. The minimum absolute atomic E-state index is 0.00126. The van der Waals surface area contributed by atoms with Gasteiger partial charge in [0.1, 0.15) is 0 Å². The van der Waals surface area contributed by atoms with Crippen molar-refractivity contribution in [1.29, 1.82) is 0 Å². The van der Waals surface area contributed by atoms with Gasteiger partial charge in [-0.15, -0.1) is 0 Å². The van der Waals surface area contributed by atoms with Crippen LogP contribution in [-0.4, -0.2) is 32.8 Å². The highest BCUT2D eigenvalue weighted by molar-refractivity contribution is 5.69. The van der Waals surface area contributed by atoms with E-state index in [1.165, 1.54) is 7.11 Å². The molecule has 0 fully saturated rings. The topological polar surface area (TPSA) is 56.8 Å². The van der Waals surface area contributed by atoms with Crippen LogP contribution in [0.15, 0.2) is 18.2 Å². The predicted molar refractivity (Wildman–Crippen MR) is 72.6 cm³/mol. The molecule has 7 heteroatoms. The molecule has 21 heavy (non-hydrogen) atoms. The second-order valence-electron chi connectivity index (χ2n) is 4.06. The number of methoxy groups -OCH3 is 1. The van der Waals surface area contributed by atoms with E-state index in [2.05, 4.69) is 10.1 Å². The number of benzene rings is 1. The quantitative estimate of drug-likeness (QED) is 0.560. The van der Waals surface area contributed by atoms with Gasteiger partial charge in [-0.2, -0.15) is 8.78 Å². The first kappa shape index (κ1) is 17.2. The fraction of sp³-hybridized carbons (Fsp3) is 0.500. The van der Waals surface area contributed by atoms with Gasteiger partial charge in [-0.05, 0) is 13.0 Å². The van der Waals surface area contributed by atoms with Crippen molar-refractivity contribution >= 4 is 5.97 Å². The second kappa shape index (κ2) is 9.12. The van der Waals surface area contributed by atoms with Gasteiger partial charge >= 0.3 is 12.6 Å². The molecule has 1 aromatic carbocycles. The SMILES string of the molecule is CCOC(=O)CCNCc1cccc(OC)c1OC(F)F. The molecule has 118 valence electrons. The van der Waals surface area contributed by atoms with Crippen LogP contribution in [0, 0.1) is 0 Å². The summed E-state index contributed by atoms with van der Waals surface area (Å²) in [6.07, 6.45) is 0.211. The molecule has 1 aromatic rings. The standard InChI is InChI=1S/C14H19F2NO4/c1-3-20-12(18)7-8-17-9-10-5-4-6-11(19-2)13(10)21-14(15)16/h4-6,14,17H,3,7-9H2,1-2H3. The Morgan fingerprint density at radius 2 is 2.14 bits per heavy atom. The molecule has 1 N–H and O–H groups in total. The van der Waals surface area contributed by atoms with Gasteiger partial charge in [0.15, 0.2) is 11.5 Å². The number of esters is 1. The fourth-order valence-electron chi connectivity index (χ4n) is 1.73. The summed E-state index contributed by atoms with van der Waals surface area (Å²) in [5, 5.41) is 2.97. The van der Waals surface area contributed by atoms with Crippen molar-refractivity contribution in [3.8, 4) is 11.5 Å². The van der Waals surface area contributed by atoms with Crippen LogP contribution in [0.25, 0.3) is 0 Å². The molecule has 0 bridgehead atoms. The molecule has 0 aliphatic heterocycles. The van der Waals surface area contributed by atoms with E-state index in [9.17, 15) is 13.6 Å². The Morgan fingerprint density at radius 1 is 1.38 bits per heavy atom. The Kier molecular flexibility index (Phi) is 7.45. The van der Waals surface area contributed by atoms with Gasteiger partial charge in [-0.1, -0.05) is 12.1 Å². The molecule has 0 aliphatic carbocycles. The number of ether oxygens (including phenoxy) is 3. The van der Waals surface area contributed by atoms with Gasteiger partial charge < -0.3 is 19.5 Å². The van der Waals surface area contributed by atoms with E-state index in [1.54, 1.807) is 25.1 Å². The van der Waals surface area contributed by atoms with Gasteiger partial charge in [0.25, 0.3) is 0 Å². The van der Waals surface area contributed by atoms with Crippen LogP contribution in [0.2, 0.25) is 0 Å². The number of halogens is 2. The van der Waals surface area contributed by atoms with Crippen molar-refractivity contribution in [2.45, 2.75) is 26.5 Å². The third kappa shape index (κ3) is 5.95. The highest BCUT2D eigenvalue weighted by atomic mass is 19.3. The lowest BCUT2D eigenvalue weighted by Crippen LogP contribution is -2.20. The molecule has 5 nitrogen and oxygen atoms in total. The van der Waals surface area contributed by atoms with Crippen LogP contribution in [-0.2, 0) is 16.1 Å². The van der Waals surface area contributed by atoms with E-state index in [0.29, 0.717) is 18.7 Å². The van der Waals surface area contributed by atoms with E-state index in [4.69, 9.17) is 9.47 Å². The zero-order valence-electron chi connectivity index (χ0n) is 12.0. The third-order valence-corrected chi connectivity index (χ3v) is 2.61. The van der Waals surface area contributed by atoms with E-state index in [-0.39, 0.29) is 30.4 Å². The first-order valence-electron chi connectivity index (χ1n) is 6.55. The maximum absolute atomic E-state index is 12.4. The smallest absolute Gasteiger partial charge is 0.387 e. The van der Waals surface area contributed by atoms with Crippen molar-refractivity contribution in [1.82, 2.24) is 5.32 Å². The van der Waals surface area contributed by atoms with Crippen molar-refractivity contribution < 1.29 is 27.8 Å². The number of para-hydroxylation sites is 1. The fourth-order valence-corrected chi connectivity index (χ4v) is 1.73. The van der Waals surface area contributed by atoms with Crippen molar-refractivity contribution in [3.63, 3.8) is 0 Å². The Bertz CT molecular complexity index is 455. The highest BCUT2D eigenvalue weighted by Gasteiger charge is 2.15. The number of alkyl halides is 2. The van der Waals surface area contributed by atoms with Crippen LogP contribution >= 0.6 is 0 Å². The van der Waals surface area contributed by atoms with Gasteiger partial charge in [0, 0.05) is 18.7 Å². The molecule has 0 amide bonds. The number of hydrogen-bond donors (Lipinski definition) is 1. The first-order chi connectivity index (χ1) is 10.1. The van der Waals surface area contributed by atoms with Crippen LogP contribution in [0.1, 0.15) is 18.9 Å². The average Bonchev–Trinajstić information content (AvgIpc) is 2.44. The van der Waals surface area contributed by atoms with E-state index in [1.807, 2.05) is 0 Å². The number of rotatable bonds is 9. The summed E-state index contributed by atoms with van der Waals surface area (Å²) < 4.78 is 39.2. The molecule has 0 heterocycles. The van der Waals surface area contributed by atoms with Gasteiger partial charge in [0.2, 0.25) is 0 Å². The van der Waals surface area contributed by atoms with Gasteiger partial charge in [0.05, 0.1) is 20.1 Å². The summed E-state index contributed by atoms with van der Waals surface area (Å²) in [7, 11) is 1.38. The van der Waals surface area contributed by atoms with Crippen LogP contribution in [0.4, 0.5) is 8.78 Å². The number of carbonyl (C=O) groups excluding carboxylic acids is 1. The van der Waals surface area contributed by atoms with Gasteiger partial charge in [-0.3, -0.25) is 4.79 Å². The number of hydrogen-bond acceptors (Lipinski definition) is 5. The zero-order valence-corrected chi connectivity index (χ0v) is 12.0. The minimum Gasteiger partial charge on any atom is -0.493 e. The lowest BCUT2D eigenvalue weighted by molar-refractivity contribution is -0.142. The Morgan fingerprint density at radius 3 is 2.76 bits per heavy atom. The summed E-state index contributed by atoms with van der Waals surface area (Å²) in [4.78, 5) is 11.2. The molecule has 0 aromatic heterocycles.